The minimum Gasteiger partial charge on any atom is -0.368 e. The lowest BCUT2D eigenvalue weighted by atomic mass is 10.0. The fraction of sp³-hybridized carbons (Fsp3) is 0.900. The van der Waals surface area contributed by atoms with Gasteiger partial charge in [-0.1, -0.05) is 6.92 Å². The highest BCUT2D eigenvalue weighted by molar-refractivity contribution is 5.84. The number of hydrogen-bond acceptors (Lipinski definition) is 3. The number of hydrogen-bond donors (Lipinski definition) is 2. The average Bonchev–Trinajstić information content (AvgIpc) is 2.85. The summed E-state index contributed by atoms with van der Waals surface area (Å²) in [6.07, 6.45) is 2.49. The summed E-state index contributed by atoms with van der Waals surface area (Å²) in [6.45, 7) is 5.31. The Bertz CT molecular complexity index is 215. The Balaban J connectivity index is 2.52. The molecule has 0 aromatic rings. The summed E-state index contributed by atoms with van der Waals surface area (Å²) in [6, 6.07) is 0.660. The molecule has 14 heavy (non-hydrogen) atoms. The van der Waals surface area contributed by atoms with E-state index >= 15 is 0 Å². The zero-order valence-electron chi connectivity index (χ0n) is 9.34. The Morgan fingerprint density at radius 1 is 1.64 bits per heavy atom. The molecule has 0 spiro atoms. The first-order chi connectivity index (χ1) is 6.49. The van der Waals surface area contributed by atoms with E-state index in [-0.39, 0.29) is 5.91 Å². The van der Waals surface area contributed by atoms with Crippen LogP contribution in [0.3, 0.4) is 0 Å². The van der Waals surface area contributed by atoms with Gasteiger partial charge in [0.15, 0.2) is 0 Å². The molecule has 1 saturated carbocycles. The number of nitrogens with zero attached hydrogens (tertiary/aromatic N) is 1. The monoisotopic (exact) mass is 199 g/mol. The Hall–Kier alpha value is -0.610. The number of nitrogens with one attached hydrogen (secondary N) is 1. The van der Waals surface area contributed by atoms with Crippen molar-refractivity contribution in [3.8, 4) is 0 Å². The second kappa shape index (κ2) is 4.28. The van der Waals surface area contributed by atoms with E-state index in [1.54, 1.807) is 0 Å². The van der Waals surface area contributed by atoms with Crippen LogP contribution in [-0.2, 0) is 4.79 Å². The lowest BCUT2D eigenvalue weighted by molar-refractivity contribution is -0.124. The Kier molecular flexibility index (Phi) is 3.50. The van der Waals surface area contributed by atoms with Crippen molar-refractivity contribution in [3.63, 3.8) is 0 Å². The van der Waals surface area contributed by atoms with Gasteiger partial charge in [0.05, 0.1) is 0 Å². The van der Waals surface area contributed by atoms with Gasteiger partial charge in [0.2, 0.25) is 5.91 Å². The highest BCUT2D eigenvalue weighted by atomic mass is 16.1. The molecule has 1 unspecified atom stereocenters. The van der Waals surface area contributed by atoms with E-state index in [9.17, 15) is 4.79 Å². The predicted octanol–water partition coefficient (Wildman–Crippen LogP) is -0.0659. The van der Waals surface area contributed by atoms with E-state index in [0.717, 1.165) is 6.54 Å². The van der Waals surface area contributed by atoms with Crippen LogP contribution in [0.25, 0.3) is 0 Å². The molecule has 1 aliphatic rings. The molecule has 1 fully saturated rings. The molecule has 0 heterocycles. The summed E-state index contributed by atoms with van der Waals surface area (Å²) in [5.41, 5.74) is 4.81. The molecule has 1 rings (SSSR count). The summed E-state index contributed by atoms with van der Waals surface area (Å²) < 4.78 is 0. The Labute approximate surface area is 85.8 Å². The van der Waals surface area contributed by atoms with Gasteiger partial charge in [-0.25, -0.2) is 0 Å². The quantitative estimate of drug-likeness (QED) is 0.630. The largest absolute Gasteiger partial charge is 0.368 e. The summed E-state index contributed by atoms with van der Waals surface area (Å²) >= 11 is 0. The van der Waals surface area contributed by atoms with Crippen molar-refractivity contribution in [2.24, 2.45) is 5.73 Å². The summed E-state index contributed by atoms with van der Waals surface area (Å²) in [5, 5.41) is 3.16. The van der Waals surface area contributed by atoms with Crippen LogP contribution in [0.5, 0.6) is 0 Å². The van der Waals surface area contributed by atoms with E-state index in [0.29, 0.717) is 12.6 Å². The molecule has 3 N–H and O–H groups in total. The molecule has 1 atom stereocenters. The van der Waals surface area contributed by atoms with Crippen LogP contribution < -0.4 is 11.1 Å². The number of carbonyl (C=O) groups is 1. The number of amides is 1. The molecule has 1 aliphatic carbocycles. The minimum atomic E-state index is -0.591. The van der Waals surface area contributed by atoms with Crippen LogP contribution in [-0.4, -0.2) is 42.5 Å². The molecule has 82 valence electrons. The second-order valence-electron chi connectivity index (χ2n) is 4.37. The topological polar surface area (TPSA) is 58.4 Å². The normalized spacial score (nSPS) is 20.9. The van der Waals surface area contributed by atoms with Crippen LogP contribution in [0.15, 0.2) is 0 Å². The van der Waals surface area contributed by atoms with Gasteiger partial charge in [0.25, 0.3) is 0 Å². The first-order valence-corrected chi connectivity index (χ1v) is 5.25. The van der Waals surface area contributed by atoms with Gasteiger partial charge in [-0.15, -0.1) is 0 Å². The van der Waals surface area contributed by atoms with Crippen molar-refractivity contribution in [2.45, 2.75) is 38.3 Å². The SMILES string of the molecule is CCNC(C)(CN(C)C1CC1)C(N)=O. The maximum atomic E-state index is 11.3. The lowest BCUT2D eigenvalue weighted by Gasteiger charge is -2.31. The Morgan fingerprint density at radius 2 is 2.21 bits per heavy atom. The maximum absolute atomic E-state index is 11.3. The molecule has 0 saturated heterocycles. The number of rotatable bonds is 6. The smallest absolute Gasteiger partial charge is 0.238 e. The molecule has 0 aromatic carbocycles. The van der Waals surface area contributed by atoms with Crippen molar-refractivity contribution in [2.75, 3.05) is 20.1 Å². The highest BCUT2D eigenvalue weighted by Crippen LogP contribution is 2.26. The van der Waals surface area contributed by atoms with E-state index in [1.165, 1.54) is 12.8 Å². The van der Waals surface area contributed by atoms with Gasteiger partial charge < -0.3 is 16.0 Å². The van der Waals surface area contributed by atoms with Gasteiger partial charge in [-0.05, 0) is 33.4 Å². The zero-order chi connectivity index (χ0) is 10.8. The second-order valence-corrected chi connectivity index (χ2v) is 4.37. The molecular formula is C10H21N3O. The Morgan fingerprint density at radius 3 is 2.57 bits per heavy atom. The third-order valence-corrected chi connectivity index (χ3v) is 2.85. The van der Waals surface area contributed by atoms with Crippen molar-refractivity contribution >= 4 is 5.91 Å². The lowest BCUT2D eigenvalue weighted by Crippen LogP contribution is -2.59. The molecule has 1 amide bonds. The van der Waals surface area contributed by atoms with Crippen molar-refractivity contribution < 1.29 is 4.79 Å². The van der Waals surface area contributed by atoms with Gasteiger partial charge in [-0.3, -0.25) is 4.79 Å². The number of carbonyl (C=O) groups excluding carboxylic acids is 1. The van der Waals surface area contributed by atoms with E-state index in [4.69, 9.17) is 5.73 Å². The number of nitrogens with two attached hydrogens (primary N) is 1. The van der Waals surface area contributed by atoms with E-state index < -0.39 is 5.54 Å². The molecule has 4 heteroatoms. The first kappa shape index (κ1) is 11.5. The van der Waals surface area contributed by atoms with E-state index in [2.05, 4.69) is 17.3 Å². The summed E-state index contributed by atoms with van der Waals surface area (Å²) in [7, 11) is 2.05. The third-order valence-electron chi connectivity index (χ3n) is 2.85. The average molecular weight is 199 g/mol. The molecule has 4 nitrogen and oxygen atoms in total. The van der Waals surface area contributed by atoms with Crippen molar-refractivity contribution in [3.05, 3.63) is 0 Å². The molecule has 0 aromatic heterocycles. The van der Waals surface area contributed by atoms with Crippen LogP contribution in [0.1, 0.15) is 26.7 Å². The van der Waals surface area contributed by atoms with Crippen molar-refractivity contribution in [1.29, 1.82) is 0 Å². The third kappa shape index (κ3) is 2.69. The zero-order valence-corrected chi connectivity index (χ0v) is 9.34. The number of likely N-dealkylation sites (N-methyl/N-ethyl adjacent to an activating group) is 2. The molecule has 0 aliphatic heterocycles. The van der Waals surface area contributed by atoms with Gasteiger partial charge >= 0.3 is 0 Å². The van der Waals surface area contributed by atoms with E-state index in [1.807, 2.05) is 13.8 Å². The first-order valence-electron chi connectivity index (χ1n) is 5.25. The van der Waals surface area contributed by atoms with Gasteiger partial charge in [0.1, 0.15) is 5.54 Å². The molecular weight excluding hydrogens is 178 g/mol. The maximum Gasteiger partial charge on any atom is 0.238 e. The van der Waals surface area contributed by atoms with Crippen molar-refractivity contribution in [1.82, 2.24) is 10.2 Å². The number of primary amides is 1. The van der Waals surface area contributed by atoms with Crippen LogP contribution in [0.2, 0.25) is 0 Å². The standard InChI is InChI=1S/C10H21N3O/c1-4-12-10(2,9(11)14)7-13(3)8-5-6-8/h8,12H,4-7H2,1-3H3,(H2,11,14). The fourth-order valence-corrected chi connectivity index (χ4v) is 1.75. The van der Waals surface area contributed by atoms with Gasteiger partial charge in [0, 0.05) is 12.6 Å². The van der Waals surface area contributed by atoms with Crippen LogP contribution >= 0.6 is 0 Å². The minimum absolute atomic E-state index is 0.271. The van der Waals surface area contributed by atoms with Crippen LogP contribution in [0, 0.1) is 0 Å². The molecule has 0 radical (unpaired) electrons. The van der Waals surface area contributed by atoms with Crippen LogP contribution in [0.4, 0.5) is 0 Å². The summed E-state index contributed by atoms with van der Waals surface area (Å²) in [5.74, 6) is -0.271. The fourth-order valence-electron chi connectivity index (χ4n) is 1.75. The highest BCUT2D eigenvalue weighted by Gasteiger charge is 2.35. The molecule has 0 bridgehead atoms. The summed E-state index contributed by atoms with van der Waals surface area (Å²) in [4.78, 5) is 13.5. The predicted molar refractivity (Wildman–Crippen MR) is 56.9 cm³/mol. The van der Waals surface area contributed by atoms with Gasteiger partial charge in [-0.2, -0.15) is 0 Å².